The summed E-state index contributed by atoms with van der Waals surface area (Å²) < 4.78 is 0. The molecule has 0 fully saturated rings. The highest BCUT2D eigenvalue weighted by Gasteiger charge is 2.28. The average molecular weight is 807 g/mol. The molecule has 0 nitrogen and oxygen atoms in total. The molecule has 0 heterocycles. The maximum Gasteiger partial charge on any atom is -0.000697 e. The van der Waals surface area contributed by atoms with Gasteiger partial charge in [-0.05, 0) is 166 Å². The second-order valence-electron chi connectivity index (χ2n) is 17.4. The molecule has 0 heteroatoms. The minimum absolute atomic E-state index is 1.22. The summed E-state index contributed by atoms with van der Waals surface area (Å²) in [5, 5.41) is 20.8. The number of rotatable bonds is 5. The first kappa shape index (κ1) is 35.3. The molecule has 0 aliphatic heterocycles. The molecule has 64 heavy (non-hydrogen) atoms. The lowest BCUT2D eigenvalue weighted by Crippen LogP contribution is -1.91. The molecule has 0 saturated heterocycles. The molecule has 0 bridgehead atoms. The fourth-order valence-electron chi connectivity index (χ4n) is 11.5. The van der Waals surface area contributed by atoms with E-state index in [-0.39, 0.29) is 0 Å². The second-order valence-corrected chi connectivity index (χ2v) is 17.4. The highest BCUT2D eigenvalue weighted by atomic mass is 14.3. The molecule has 0 atom stereocenters. The first-order chi connectivity index (χ1) is 31.8. The van der Waals surface area contributed by atoms with Crippen molar-refractivity contribution in [2.75, 3.05) is 0 Å². The Balaban J connectivity index is 1.25. The van der Waals surface area contributed by atoms with Gasteiger partial charge in [0.15, 0.2) is 0 Å². The van der Waals surface area contributed by atoms with E-state index in [4.69, 9.17) is 0 Å². The number of hydrogen-bond acceptors (Lipinski definition) is 0. The normalized spacial score (nSPS) is 12.1. The lowest BCUT2D eigenvalue weighted by molar-refractivity contribution is 1.61. The Morgan fingerprint density at radius 1 is 0.172 bits per heavy atom. The molecule has 14 rings (SSSR count). The van der Waals surface area contributed by atoms with Gasteiger partial charge in [-0.2, -0.15) is 0 Å². The first-order valence-electron chi connectivity index (χ1n) is 22.3. The number of benzene rings is 12. The zero-order chi connectivity index (χ0) is 41.9. The van der Waals surface area contributed by atoms with Crippen molar-refractivity contribution in [3.05, 3.63) is 231 Å². The Morgan fingerprint density at radius 2 is 0.641 bits per heavy atom. The predicted octanol–water partition coefficient (Wildman–Crippen LogP) is 18.1. The van der Waals surface area contributed by atoms with Crippen LogP contribution in [0.5, 0.6) is 0 Å². The van der Waals surface area contributed by atoms with Gasteiger partial charge in [-0.25, -0.2) is 0 Å². The minimum atomic E-state index is 1.22. The molecule has 294 valence electrons. The summed E-state index contributed by atoms with van der Waals surface area (Å²) in [6.07, 6.45) is 0. The summed E-state index contributed by atoms with van der Waals surface area (Å²) in [6, 6.07) is 86.0. The van der Waals surface area contributed by atoms with Crippen LogP contribution in [0.2, 0.25) is 0 Å². The van der Waals surface area contributed by atoms with Crippen molar-refractivity contribution in [2.24, 2.45) is 0 Å². The van der Waals surface area contributed by atoms with E-state index >= 15 is 0 Å². The molecule has 14 aromatic carbocycles. The average Bonchev–Trinajstić information content (AvgIpc) is 3.86. The summed E-state index contributed by atoms with van der Waals surface area (Å²) in [7, 11) is 0. The lowest BCUT2D eigenvalue weighted by Gasteiger charge is -2.19. The topological polar surface area (TPSA) is 0 Å². The quantitative estimate of drug-likeness (QED) is 0.152. The number of hydrogen-bond donors (Lipinski definition) is 0. The Kier molecular flexibility index (Phi) is 7.49. The van der Waals surface area contributed by atoms with Crippen LogP contribution < -0.4 is 0 Å². The van der Waals surface area contributed by atoms with E-state index in [1.54, 1.807) is 0 Å². The highest BCUT2D eigenvalue weighted by Crippen LogP contribution is 2.56. The van der Waals surface area contributed by atoms with Gasteiger partial charge in [-0.15, -0.1) is 0 Å². The molecule has 0 saturated carbocycles. The van der Waals surface area contributed by atoms with E-state index < -0.39 is 0 Å². The van der Waals surface area contributed by atoms with Crippen molar-refractivity contribution in [2.45, 2.75) is 0 Å². The monoisotopic (exact) mass is 806 g/mol. The van der Waals surface area contributed by atoms with Crippen molar-refractivity contribution in [1.82, 2.24) is 0 Å². The van der Waals surface area contributed by atoms with Crippen molar-refractivity contribution < 1.29 is 0 Å². The standard InChI is InChI=1S/C64H38/c1-6-19-39(20-7-1)46-33-34-49-62-55(35-44-29-16-17-30-45(44)60(46)62)64-58(43-27-14-5-15-28-43)61-48-32-18-31-47-52-36-50(40-21-8-2-9-22-40)51(41-23-10-3-11-24-41)37-53(52)54(59(47)48)38-56(61)57(63(49)64)42-25-12-4-13-26-42/h1-38H. The first-order valence-corrected chi connectivity index (χ1v) is 22.3. The van der Waals surface area contributed by atoms with Crippen molar-refractivity contribution >= 4 is 86.2 Å². The van der Waals surface area contributed by atoms with Gasteiger partial charge in [0.05, 0.1) is 0 Å². The van der Waals surface area contributed by atoms with Gasteiger partial charge in [-0.1, -0.05) is 206 Å². The third-order valence-electron chi connectivity index (χ3n) is 14.1. The van der Waals surface area contributed by atoms with Gasteiger partial charge in [0.25, 0.3) is 0 Å². The van der Waals surface area contributed by atoms with Crippen molar-refractivity contribution in [3.63, 3.8) is 0 Å². The van der Waals surface area contributed by atoms with Gasteiger partial charge in [0.1, 0.15) is 0 Å². The zero-order valence-corrected chi connectivity index (χ0v) is 34.9. The predicted molar refractivity (Wildman–Crippen MR) is 276 cm³/mol. The second kappa shape index (κ2) is 13.6. The molecule has 0 aromatic heterocycles. The van der Waals surface area contributed by atoms with Crippen LogP contribution in [0.25, 0.3) is 142 Å². The maximum absolute atomic E-state index is 2.56. The van der Waals surface area contributed by atoms with E-state index in [2.05, 4.69) is 231 Å². The molecule has 14 aromatic rings. The van der Waals surface area contributed by atoms with Crippen molar-refractivity contribution in [1.29, 1.82) is 0 Å². The van der Waals surface area contributed by atoms with Crippen LogP contribution in [0, 0.1) is 0 Å². The van der Waals surface area contributed by atoms with Gasteiger partial charge < -0.3 is 0 Å². The lowest BCUT2D eigenvalue weighted by atomic mass is 9.83. The molecule has 0 radical (unpaired) electrons. The Hall–Kier alpha value is -8.32. The van der Waals surface area contributed by atoms with E-state index in [0.717, 1.165) is 0 Å². The Labute approximate surface area is 370 Å². The van der Waals surface area contributed by atoms with E-state index in [1.807, 2.05) is 0 Å². The Bertz CT molecular complexity index is 4120. The summed E-state index contributed by atoms with van der Waals surface area (Å²) >= 11 is 0. The van der Waals surface area contributed by atoms with Gasteiger partial charge in [0, 0.05) is 0 Å². The Morgan fingerprint density at radius 3 is 1.27 bits per heavy atom. The molecule has 0 unspecified atom stereocenters. The highest BCUT2D eigenvalue weighted by molar-refractivity contribution is 6.47. The van der Waals surface area contributed by atoms with Gasteiger partial charge in [-0.3, -0.25) is 0 Å². The van der Waals surface area contributed by atoms with Crippen LogP contribution in [0.15, 0.2) is 231 Å². The van der Waals surface area contributed by atoms with E-state index in [9.17, 15) is 0 Å². The molecular weight excluding hydrogens is 769 g/mol. The van der Waals surface area contributed by atoms with Crippen molar-refractivity contribution in [3.8, 4) is 55.6 Å². The molecule has 0 amide bonds. The smallest absolute Gasteiger partial charge is 0.000697 e. The fourth-order valence-corrected chi connectivity index (χ4v) is 11.5. The molecule has 0 N–H and O–H groups in total. The van der Waals surface area contributed by atoms with Crippen LogP contribution >= 0.6 is 0 Å². The van der Waals surface area contributed by atoms with E-state index in [0.29, 0.717) is 0 Å². The van der Waals surface area contributed by atoms with Crippen LogP contribution in [0.3, 0.4) is 0 Å². The summed E-state index contributed by atoms with van der Waals surface area (Å²) in [5.74, 6) is 0. The van der Waals surface area contributed by atoms with Crippen LogP contribution in [0.1, 0.15) is 0 Å². The summed E-state index contributed by atoms with van der Waals surface area (Å²) in [5.41, 5.74) is 12.5. The number of fused-ring (bicyclic) bond motifs is 10. The molecule has 0 aliphatic carbocycles. The summed E-state index contributed by atoms with van der Waals surface area (Å²) in [6.45, 7) is 0. The maximum atomic E-state index is 2.56. The van der Waals surface area contributed by atoms with E-state index in [1.165, 1.54) is 142 Å². The molecule has 0 aliphatic rings. The molecule has 0 spiro atoms. The zero-order valence-electron chi connectivity index (χ0n) is 34.9. The van der Waals surface area contributed by atoms with Gasteiger partial charge >= 0.3 is 0 Å². The summed E-state index contributed by atoms with van der Waals surface area (Å²) in [4.78, 5) is 0. The minimum Gasteiger partial charge on any atom is -0.0622 e. The van der Waals surface area contributed by atoms with Gasteiger partial charge in [0.2, 0.25) is 0 Å². The molecular formula is C64H38. The third kappa shape index (κ3) is 4.94. The van der Waals surface area contributed by atoms with Crippen LogP contribution in [0.4, 0.5) is 0 Å². The van der Waals surface area contributed by atoms with Crippen LogP contribution in [-0.4, -0.2) is 0 Å². The largest absolute Gasteiger partial charge is 0.0622 e. The fraction of sp³-hybridized carbons (Fsp3) is 0. The SMILES string of the molecule is c1ccc(-c2cc3c(cc2-c2ccccc2)c2cc4c(-c5ccccc5)c5c6ccc(-c7ccccc7)c7c8ccccc8cc(c5c(-c5ccccc5)c4c4cccc3c24)c67)cc1. The van der Waals surface area contributed by atoms with Crippen LogP contribution in [-0.2, 0) is 0 Å². The third-order valence-corrected chi connectivity index (χ3v) is 14.1.